The number of primary amides is 1. The molecule has 602 valence electrons. The number of nitrogens with two attached hydrogens (primary N) is 1. The van der Waals surface area contributed by atoms with Crippen LogP contribution in [0.1, 0.15) is 136 Å². The second-order valence-corrected chi connectivity index (χ2v) is 27.9. The summed E-state index contributed by atoms with van der Waals surface area (Å²) in [4.78, 5) is 212. The van der Waals surface area contributed by atoms with Crippen LogP contribution in [0.2, 0.25) is 0 Å². The van der Waals surface area contributed by atoms with E-state index >= 15 is 4.39 Å². The number of ether oxygens (including phenoxy) is 3. The number of unbranched alkanes of at least 4 members (excludes halogenated alkanes) is 2. The second-order valence-electron chi connectivity index (χ2n) is 27.9. The van der Waals surface area contributed by atoms with Gasteiger partial charge in [-0.15, -0.1) is 0 Å². The number of aromatic nitrogens is 2. The normalized spacial score (nSPS) is 19.2. The number of aliphatic carboxylic acids is 1. The number of hydrogen-bond donors (Lipinski definition) is 16. The number of benzene rings is 2. The van der Waals surface area contributed by atoms with Crippen LogP contribution in [0.25, 0.3) is 22.3 Å². The molecule has 17 N–H and O–H groups in total. The van der Waals surface area contributed by atoms with Gasteiger partial charge in [-0.05, 0) is 105 Å². The molecule has 0 spiro atoms. The van der Waals surface area contributed by atoms with Gasteiger partial charge in [0.2, 0.25) is 53.2 Å². The van der Waals surface area contributed by atoms with Crippen molar-refractivity contribution in [2.45, 2.75) is 179 Å². The van der Waals surface area contributed by atoms with Gasteiger partial charge in [0.15, 0.2) is 5.60 Å². The molecule has 14 amide bonds. The Hall–Kier alpha value is -11.8. The monoisotopic (exact) mass is 1560 g/mol. The van der Waals surface area contributed by atoms with Crippen LogP contribution in [0, 0.1) is 18.7 Å². The minimum absolute atomic E-state index is 0.00562. The number of hydrogen-bond acceptors (Lipinski definition) is 23. The van der Waals surface area contributed by atoms with Crippen molar-refractivity contribution in [2.75, 3.05) is 51.1 Å². The van der Waals surface area contributed by atoms with E-state index < -0.39 is 213 Å². The van der Waals surface area contributed by atoms with Crippen molar-refractivity contribution in [3.05, 3.63) is 104 Å². The van der Waals surface area contributed by atoms with Gasteiger partial charge in [0.05, 0.1) is 67.2 Å². The molecule has 6 heterocycles. The van der Waals surface area contributed by atoms with Gasteiger partial charge < -0.3 is 103 Å². The van der Waals surface area contributed by atoms with E-state index in [1.807, 2.05) is 5.32 Å². The van der Waals surface area contributed by atoms with Crippen molar-refractivity contribution >= 4 is 106 Å². The first-order valence-electron chi connectivity index (χ1n) is 36.4. The van der Waals surface area contributed by atoms with E-state index in [1.54, 1.807) is 45.9 Å². The Labute approximate surface area is 638 Å². The quantitative estimate of drug-likeness (QED) is 0.0113. The first kappa shape index (κ1) is 84.2. The Morgan fingerprint density at radius 3 is 2.03 bits per heavy atom. The Morgan fingerprint density at radius 1 is 0.723 bits per heavy atom. The van der Waals surface area contributed by atoms with E-state index in [4.69, 9.17) is 30.0 Å². The molecule has 39 heteroatoms. The standard InChI is InChI=1S/C73H90FN15O23/c1-5-73(109)42-24-48-63-40(32-89(48)69(105)41(42)34-110-70(73)106)61-44(17-16-39-36(4)43(74)25-47(84-63)60(39)61)86-72(108)111-33-37-12-14-38(15-13-37)82-66(102)45(10-9-22-76-71(75)107)85-68(104)62(35(2)3)87-67(103)46(83-52(91)11-7-6-8-23-88-57(96)20-21-58(88)97)18-19-51(90)77-27-50-65(101)64(100)49(112-50)26-53(92)78-28-54(93)79-29-55(94)80-30-56(95)81-31-59(98)99/h12-15,20-21,24-25,35,44-46,49-50,62,64-65,100-101,109H,5-11,16-19,22-23,26-34H2,1-4H3,(H,77,90)(H,78,92)(H,79,93)(H,80,94)(H,81,95)(H,82,102)(H,83,91)(H,85,104)(H,86,108)(H,87,103)(H,98,99)(H3,75,76,107)/t44-,45+,46-,49-,50+,62+,64-,65+,73-/m0/s1. The van der Waals surface area contributed by atoms with Gasteiger partial charge in [0.25, 0.3) is 17.4 Å². The van der Waals surface area contributed by atoms with Gasteiger partial charge in [-0.1, -0.05) is 39.3 Å². The highest BCUT2D eigenvalue weighted by Crippen LogP contribution is 2.46. The number of aliphatic hydroxyl groups is 3. The molecular weight excluding hydrogens is 1470 g/mol. The number of aliphatic hydroxyl groups excluding tert-OH is 2. The highest BCUT2D eigenvalue weighted by atomic mass is 19.1. The molecule has 4 aromatic rings. The van der Waals surface area contributed by atoms with Crippen LogP contribution in [-0.2, 0) is 108 Å². The number of alkyl carbamates (subject to hydrolysis) is 1. The molecule has 112 heavy (non-hydrogen) atoms. The van der Waals surface area contributed by atoms with Crippen LogP contribution < -0.4 is 69.8 Å². The molecule has 38 nitrogen and oxygen atoms in total. The summed E-state index contributed by atoms with van der Waals surface area (Å²) < 4.78 is 33.7. The minimum Gasteiger partial charge on any atom is -0.480 e. The third-order valence-corrected chi connectivity index (χ3v) is 19.7. The largest absolute Gasteiger partial charge is 0.480 e. The number of nitrogens with zero attached hydrogens (tertiary/aromatic N) is 3. The summed E-state index contributed by atoms with van der Waals surface area (Å²) in [6.45, 7) is 2.92. The van der Waals surface area contributed by atoms with E-state index in [1.165, 1.54) is 22.8 Å². The summed E-state index contributed by atoms with van der Waals surface area (Å²) in [7, 11) is 0. The molecule has 9 rings (SSSR count). The predicted octanol–water partition coefficient (Wildman–Crippen LogP) is -2.25. The summed E-state index contributed by atoms with van der Waals surface area (Å²) in [5.74, 6) is -11.6. The Bertz CT molecular complexity index is 4460. The number of amides is 14. The number of nitrogens with one attached hydrogen (secondary N) is 11. The number of aryl methyl sites for hydroxylation is 1. The third kappa shape index (κ3) is 21.0. The number of pyridine rings is 2. The number of carboxylic acids is 1. The van der Waals surface area contributed by atoms with Crippen LogP contribution in [0.15, 0.2) is 53.3 Å². The van der Waals surface area contributed by atoms with Crippen LogP contribution in [-0.4, -0.2) is 212 Å². The second kappa shape index (κ2) is 37.7. The molecule has 1 aliphatic carbocycles. The number of fused-ring (bicyclic) bond motifs is 5. The summed E-state index contributed by atoms with van der Waals surface area (Å²) in [6.07, 6.45) is -4.54. The first-order chi connectivity index (χ1) is 53.2. The summed E-state index contributed by atoms with van der Waals surface area (Å²) >= 11 is 0. The molecule has 0 saturated carbocycles. The van der Waals surface area contributed by atoms with Crippen molar-refractivity contribution in [1.29, 1.82) is 0 Å². The first-order valence-corrected chi connectivity index (χ1v) is 36.4. The van der Waals surface area contributed by atoms with Crippen LogP contribution in [0.4, 0.5) is 19.7 Å². The predicted molar refractivity (Wildman–Crippen MR) is 388 cm³/mol. The average molecular weight is 1560 g/mol. The Balaban J connectivity index is 0.797. The molecule has 9 atom stereocenters. The fourth-order valence-electron chi connectivity index (χ4n) is 13.6. The number of rotatable bonds is 37. The van der Waals surface area contributed by atoms with Gasteiger partial charge in [-0.25, -0.2) is 23.8 Å². The topological polar surface area (TPSA) is 561 Å². The number of anilines is 1. The smallest absolute Gasteiger partial charge is 0.407 e. The molecule has 0 unspecified atom stereocenters. The number of urea groups is 1. The van der Waals surface area contributed by atoms with E-state index in [0.29, 0.717) is 70.3 Å². The molecule has 2 aromatic carbocycles. The number of imide groups is 1. The summed E-state index contributed by atoms with van der Waals surface area (Å²) in [6, 6.07) is 3.16. The average Bonchev–Trinajstić information content (AvgIpc) is 1.52. The molecule has 4 aliphatic heterocycles. The number of carbonyl (C=O) groups excluding carboxylic acids is 14. The van der Waals surface area contributed by atoms with Crippen molar-refractivity contribution in [1.82, 2.24) is 67.6 Å². The van der Waals surface area contributed by atoms with Crippen molar-refractivity contribution in [3.8, 4) is 11.4 Å². The van der Waals surface area contributed by atoms with Gasteiger partial charge in [-0.2, -0.15) is 0 Å². The zero-order chi connectivity index (χ0) is 81.4. The SMILES string of the molecule is CC[C@@]1(O)C(=O)OCc2c1cc1n(c2=O)Cc2c-1nc1cc(F)c(C)c3c1c2[C@@H](NC(=O)OCc1ccc(NC(=O)[C@@H](CCCNC(N)=O)NC(=O)[C@H](NC(=O)[C@H](CCC(=O)NC[C@H]2O[C@@H](CC(=O)NCC(=O)NCC(=O)NCC(=O)NCC(=O)O)[C@H](O)[C@@H]2O)NC(=O)CCCCCN2C(=O)C=CC2=O)C(C)C)cc1)CC3. The van der Waals surface area contributed by atoms with Gasteiger partial charge in [0.1, 0.15) is 62.0 Å². The molecule has 1 saturated heterocycles. The Kier molecular flexibility index (Phi) is 28.4. The number of cyclic esters (lactones) is 1. The summed E-state index contributed by atoms with van der Waals surface area (Å²) in [5, 5.41) is 69.5. The maximum Gasteiger partial charge on any atom is 0.407 e. The number of halogens is 1. The highest BCUT2D eigenvalue weighted by molar-refractivity contribution is 6.13. The van der Waals surface area contributed by atoms with E-state index in [2.05, 4.69) is 53.2 Å². The third-order valence-electron chi connectivity index (χ3n) is 19.7. The number of carboxylic acid groups (broad SMARTS) is 1. The van der Waals surface area contributed by atoms with Crippen LogP contribution in [0.3, 0.4) is 0 Å². The molecule has 1 fully saturated rings. The highest BCUT2D eigenvalue weighted by Gasteiger charge is 2.47. The lowest BCUT2D eigenvalue weighted by molar-refractivity contribution is -0.172. The fraction of sp³-hybridized carbons (Fsp3) is 0.493. The number of esters is 1. The molecular formula is C73H90FN15O23. The maximum atomic E-state index is 15.6. The van der Waals surface area contributed by atoms with E-state index in [9.17, 15) is 92.0 Å². The maximum absolute atomic E-state index is 15.6. The van der Waals surface area contributed by atoms with Crippen molar-refractivity contribution in [2.24, 2.45) is 11.7 Å². The zero-order valence-corrected chi connectivity index (χ0v) is 61.7. The molecule has 5 aliphatic rings. The van der Waals surface area contributed by atoms with Crippen molar-refractivity contribution < 1.29 is 111 Å². The molecule has 0 radical (unpaired) electrons. The van der Waals surface area contributed by atoms with Gasteiger partial charge in [-0.3, -0.25) is 67.2 Å². The molecule has 0 bridgehead atoms. The molecule has 2 aromatic heterocycles. The van der Waals surface area contributed by atoms with Crippen molar-refractivity contribution in [3.63, 3.8) is 0 Å². The van der Waals surface area contributed by atoms with Crippen LogP contribution in [0.5, 0.6) is 0 Å². The lowest BCUT2D eigenvalue weighted by atomic mass is 9.81. The van der Waals surface area contributed by atoms with Gasteiger partial charge >= 0.3 is 24.1 Å². The van der Waals surface area contributed by atoms with Crippen LogP contribution >= 0.6 is 0 Å². The lowest BCUT2D eigenvalue weighted by Crippen LogP contribution is -2.58. The fourth-order valence-corrected chi connectivity index (χ4v) is 13.6. The minimum atomic E-state index is -2.10. The lowest BCUT2D eigenvalue weighted by Gasteiger charge is -2.31. The van der Waals surface area contributed by atoms with E-state index in [-0.39, 0.29) is 87.3 Å². The van der Waals surface area contributed by atoms with Gasteiger partial charge in [0, 0.05) is 72.9 Å². The van der Waals surface area contributed by atoms with E-state index in [0.717, 1.165) is 17.1 Å². The number of carbonyl (C=O) groups is 15. The zero-order valence-electron chi connectivity index (χ0n) is 61.7. The Morgan fingerprint density at radius 2 is 1.38 bits per heavy atom. The summed E-state index contributed by atoms with van der Waals surface area (Å²) in [5.41, 5.74) is 6.74.